The smallest absolute Gasteiger partial charge is 0.290 e. The van der Waals surface area contributed by atoms with Gasteiger partial charge >= 0.3 is 0 Å². The van der Waals surface area contributed by atoms with Crippen LogP contribution in [0.2, 0.25) is 0 Å². The fourth-order valence-corrected chi connectivity index (χ4v) is 2.70. The van der Waals surface area contributed by atoms with E-state index in [1.807, 2.05) is 53.1 Å². The van der Waals surface area contributed by atoms with Crippen LogP contribution in [0.4, 0.5) is 0 Å². The lowest BCUT2D eigenvalue weighted by atomic mass is 10.2. The standard InChI is InChI=1S/C17H19N5O.CH2O2/c1-21-17(13-5-6-13)19-16(20-21)14-9-18-22(11-14)10-12-3-7-15(23-2)8-4-12;2-1-3/h3-4,7-9,11,13H,5-6,10H2,1-2H3;1H,(H,2,3). The van der Waals surface area contributed by atoms with Crippen molar-refractivity contribution in [2.45, 2.75) is 25.3 Å². The van der Waals surface area contributed by atoms with Gasteiger partial charge in [-0.15, -0.1) is 0 Å². The van der Waals surface area contributed by atoms with E-state index in [1.165, 1.54) is 18.4 Å². The molecule has 26 heavy (non-hydrogen) atoms. The summed E-state index contributed by atoms with van der Waals surface area (Å²) < 4.78 is 8.98. The summed E-state index contributed by atoms with van der Waals surface area (Å²) in [5.41, 5.74) is 2.13. The molecule has 0 amide bonds. The number of nitrogens with zero attached hydrogens (tertiary/aromatic N) is 5. The van der Waals surface area contributed by atoms with Crippen LogP contribution in [-0.4, -0.2) is 43.2 Å². The van der Waals surface area contributed by atoms with Gasteiger partial charge in [0.1, 0.15) is 11.6 Å². The Hall–Kier alpha value is -3.16. The van der Waals surface area contributed by atoms with E-state index in [0.29, 0.717) is 12.5 Å². The van der Waals surface area contributed by atoms with Gasteiger partial charge in [-0.05, 0) is 30.5 Å². The Kier molecular flexibility index (Phi) is 5.31. The normalized spacial score (nSPS) is 13.0. The van der Waals surface area contributed by atoms with Crippen molar-refractivity contribution in [3.63, 3.8) is 0 Å². The van der Waals surface area contributed by atoms with Crippen molar-refractivity contribution < 1.29 is 14.6 Å². The summed E-state index contributed by atoms with van der Waals surface area (Å²) >= 11 is 0. The zero-order valence-corrected chi connectivity index (χ0v) is 14.7. The summed E-state index contributed by atoms with van der Waals surface area (Å²) in [6, 6.07) is 8.01. The van der Waals surface area contributed by atoms with Crippen molar-refractivity contribution in [2.75, 3.05) is 7.11 Å². The first kappa shape index (κ1) is 17.7. The first-order valence-electron chi connectivity index (χ1n) is 8.29. The molecule has 0 radical (unpaired) electrons. The fourth-order valence-electron chi connectivity index (χ4n) is 2.70. The highest BCUT2D eigenvalue weighted by atomic mass is 16.5. The summed E-state index contributed by atoms with van der Waals surface area (Å²) in [5.74, 6) is 3.30. The van der Waals surface area contributed by atoms with Crippen LogP contribution >= 0.6 is 0 Å². The molecule has 136 valence electrons. The van der Waals surface area contributed by atoms with E-state index in [9.17, 15) is 0 Å². The molecule has 2 heterocycles. The predicted molar refractivity (Wildman–Crippen MR) is 95.0 cm³/mol. The highest BCUT2D eigenvalue weighted by molar-refractivity contribution is 5.52. The Bertz CT molecular complexity index is 865. The topological polar surface area (TPSA) is 95.1 Å². The molecule has 0 saturated heterocycles. The van der Waals surface area contributed by atoms with E-state index >= 15 is 0 Å². The van der Waals surface area contributed by atoms with Gasteiger partial charge in [-0.25, -0.2) is 4.98 Å². The van der Waals surface area contributed by atoms with Crippen LogP contribution in [0.5, 0.6) is 5.75 Å². The molecule has 0 spiro atoms. The van der Waals surface area contributed by atoms with Crippen molar-refractivity contribution >= 4 is 6.47 Å². The molecule has 3 aromatic rings. The second-order valence-corrected chi connectivity index (χ2v) is 6.07. The largest absolute Gasteiger partial charge is 0.497 e. The van der Waals surface area contributed by atoms with Crippen molar-refractivity contribution in [3.8, 4) is 17.1 Å². The molecule has 1 aliphatic carbocycles. The summed E-state index contributed by atoms with van der Waals surface area (Å²) in [6.45, 7) is 0.465. The van der Waals surface area contributed by atoms with E-state index in [-0.39, 0.29) is 6.47 Å². The van der Waals surface area contributed by atoms with Crippen LogP contribution in [0.1, 0.15) is 30.1 Å². The van der Waals surface area contributed by atoms with E-state index in [2.05, 4.69) is 15.2 Å². The number of carboxylic acid groups (broad SMARTS) is 1. The third-order valence-corrected chi connectivity index (χ3v) is 4.13. The van der Waals surface area contributed by atoms with Gasteiger partial charge < -0.3 is 9.84 Å². The highest BCUT2D eigenvalue weighted by Crippen LogP contribution is 2.39. The molecule has 1 aromatic carbocycles. The summed E-state index contributed by atoms with van der Waals surface area (Å²) in [7, 11) is 3.64. The van der Waals surface area contributed by atoms with Crippen LogP contribution in [0.3, 0.4) is 0 Å². The Morgan fingerprint density at radius 2 is 2.00 bits per heavy atom. The first-order valence-corrected chi connectivity index (χ1v) is 8.29. The molecule has 8 heteroatoms. The number of benzene rings is 1. The first-order chi connectivity index (χ1) is 12.6. The number of hydrogen-bond acceptors (Lipinski definition) is 5. The van der Waals surface area contributed by atoms with Gasteiger partial charge in [0.2, 0.25) is 0 Å². The third kappa shape index (κ3) is 4.08. The molecule has 8 nitrogen and oxygen atoms in total. The van der Waals surface area contributed by atoms with Crippen molar-refractivity contribution in [1.29, 1.82) is 0 Å². The van der Waals surface area contributed by atoms with E-state index in [1.54, 1.807) is 7.11 Å². The molecule has 0 unspecified atom stereocenters. The SMILES string of the molecule is COc1ccc(Cn2cc(-c3nc(C4CC4)n(C)n3)cn2)cc1.O=CO. The zero-order valence-electron chi connectivity index (χ0n) is 14.7. The minimum absolute atomic E-state index is 0.250. The molecular weight excluding hydrogens is 334 g/mol. The number of carbonyl (C=O) groups is 1. The van der Waals surface area contributed by atoms with Gasteiger partial charge in [-0.3, -0.25) is 14.2 Å². The van der Waals surface area contributed by atoms with E-state index in [0.717, 1.165) is 23.0 Å². The maximum Gasteiger partial charge on any atom is 0.290 e. The predicted octanol–water partition coefficient (Wildman–Crippen LogP) is 2.31. The molecule has 0 atom stereocenters. The molecular formula is C18H21N5O3. The average molecular weight is 355 g/mol. The van der Waals surface area contributed by atoms with Gasteiger partial charge in [-0.1, -0.05) is 12.1 Å². The van der Waals surface area contributed by atoms with E-state index in [4.69, 9.17) is 14.6 Å². The zero-order chi connectivity index (χ0) is 18.5. The van der Waals surface area contributed by atoms with Crippen LogP contribution in [0.25, 0.3) is 11.4 Å². The average Bonchev–Trinajstić information content (AvgIpc) is 3.25. The summed E-state index contributed by atoms with van der Waals surface area (Å²) in [6.07, 6.45) is 6.27. The van der Waals surface area contributed by atoms with Crippen LogP contribution in [0.15, 0.2) is 36.7 Å². The maximum absolute atomic E-state index is 8.36. The Balaban J connectivity index is 0.000000613. The fraction of sp³-hybridized carbons (Fsp3) is 0.333. The number of aryl methyl sites for hydroxylation is 1. The second-order valence-electron chi connectivity index (χ2n) is 6.07. The number of hydrogen-bond donors (Lipinski definition) is 1. The Morgan fingerprint density at radius 3 is 2.62 bits per heavy atom. The number of ether oxygens (including phenoxy) is 1. The van der Waals surface area contributed by atoms with Crippen LogP contribution in [0, 0.1) is 0 Å². The molecule has 1 aliphatic rings. The molecule has 1 saturated carbocycles. The quantitative estimate of drug-likeness (QED) is 0.706. The second kappa shape index (κ2) is 7.81. The lowest BCUT2D eigenvalue weighted by Crippen LogP contribution is -1.99. The summed E-state index contributed by atoms with van der Waals surface area (Å²) in [5, 5.41) is 15.8. The van der Waals surface area contributed by atoms with Gasteiger partial charge in [-0.2, -0.15) is 10.2 Å². The van der Waals surface area contributed by atoms with E-state index < -0.39 is 0 Å². The van der Waals surface area contributed by atoms with Crippen molar-refractivity contribution in [1.82, 2.24) is 24.5 Å². The lowest BCUT2D eigenvalue weighted by molar-refractivity contribution is -0.122. The lowest BCUT2D eigenvalue weighted by Gasteiger charge is -2.03. The minimum Gasteiger partial charge on any atom is -0.497 e. The summed E-state index contributed by atoms with van der Waals surface area (Å²) in [4.78, 5) is 13.0. The Morgan fingerprint density at radius 1 is 1.31 bits per heavy atom. The number of rotatable bonds is 5. The Labute approximate surface area is 151 Å². The molecule has 0 bridgehead atoms. The third-order valence-electron chi connectivity index (χ3n) is 4.13. The molecule has 1 fully saturated rings. The van der Waals surface area contributed by atoms with Gasteiger partial charge in [0.25, 0.3) is 6.47 Å². The van der Waals surface area contributed by atoms with Gasteiger partial charge in [0.05, 0.1) is 25.4 Å². The van der Waals surface area contributed by atoms with Crippen LogP contribution < -0.4 is 4.74 Å². The highest BCUT2D eigenvalue weighted by Gasteiger charge is 2.29. The molecule has 1 N–H and O–H groups in total. The maximum atomic E-state index is 8.36. The molecule has 2 aromatic heterocycles. The monoisotopic (exact) mass is 355 g/mol. The molecule has 0 aliphatic heterocycles. The van der Waals surface area contributed by atoms with Crippen molar-refractivity contribution in [3.05, 3.63) is 48.0 Å². The minimum atomic E-state index is -0.250. The van der Waals surface area contributed by atoms with Gasteiger partial charge in [0.15, 0.2) is 5.82 Å². The van der Waals surface area contributed by atoms with Crippen molar-refractivity contribution in [2.24, 2.45) is 7.05 Å². The number of aromatic nitrogens is 5. The molecule has 4 rings (SSSR count). The van der Waals surface area contributed by atoms with Gasteiger partial charge in [0, 0.05) is 19.2 Å². The number of methoxy groups -OCH3 is 1. The van der Waals surface area contributed by atoms with Crippen LogP contribution in [-0.2, 0) is 18.4 Å².